The van der Waals surface area contributed by atoms with Crippen LogP contribution in [0.25, 0.3) is 0 Å². The van der Waals surface area contributed by atoms with Gasteiger partial charge in [-0.3, -0.25) is 0 Å². The van der Waals surface area contributed by atoms with Crippen molar-refractivity contribution < 1.29 is 5.11 Å². The van der Waals surface area contributed by atoms with Crippen LogP contribution in [-0.4, -0.2) is 29.3 Å². The van der Waals surface area contributed by atoms with Crippen LogP contribution in [0.15, 0.2) is 0 Å². The van der Waals surface area contributed by atoms with Crippen LogP contribution in [-0.2, 0) is 0 Å². The van der Waals surface area contributed by atoms with Crippen LogP contribution in [0, 0.1) is 5.92 Å². The molecule has 2 rings (SSSR count). The van der Waals surface area contributed by atoms with Gasteiger partial charge in [0.05, 0.1) is 11.1 Å². The van der Waals surface area contributed by atoms with Crippen molar-refractivity contribution in [2.45, 2.75) is 69.4 Å². The first-order chi connectivity index (χ1) is 8.10. The van der Waals surface area contributed by atoms with E-state index in [0.717, 1.165) is 57.5 Å². The van der Waals surface area contributed by atoms with Crippen molar-refractivity contribution in [1.29, 1.82) is 0 Å². The Morgan fingerprint density at radius 2 is 2.06 bits per heavy atom. The summed E-state index contributed by atoms with van der Waals surface area (Å²) in [7, 11) is 0. The fraction of sp³-hybridized carbons (Fsp3) is 1.00. The molecule has 3 heteroatoms. The average Bonchev–Trinajstić information content (AvgIpc) is 2.53. The molecule has 3 atom stereocenters. The molecule has 0 aromatic rings. The van der Waals surface area contributed by atoms with E-state index in [2.05, 4.69) is 12.2 Å². The summed E-state index contributed by atoms with van der Waals surface area (Å²) in [4.78, 5) is 0. The summed E-state index contributed by atoms with van der Waals surface area (Å²) in [5.74, 6) is 0.796. The predicted octanol–water partition coefficient (Wildman–Crippen LogP) is 1.79. The molecule has 3 unspecified atom stereocenters. The fourth-order valence-corrected chi connectivity index (χ4v) is 3.63. The lowest BCUT2D eigenvalue weighted by Crippen LogP contribution is -2.67. The van der Waals surface area contributed by atoms with E-state index in [9.17, 15) is 5.11 Å². The van der Waals surface area contributed by atoms with Crippen molar-refractivity contribution in [3.8, 4) is 0 Å². The summed E-state index contributed by atoms with van der Waals surface area (Å²) >= 11 is 0. The van der Waals surface area contributed by atoms with Gasteiger partial charge in [-0.15, -0.1) is 0 Å². The molecule has 2 fully saturated rings. The summed E-state index contributed by atoms with van der Waals surface area (Å²) in [6.45, 7) is 4.09. The van der Waals surface area contributed by atoms with E-state index < -0.39 is 11.1 Å². The molecule has 1 saturated carbocycles. The highest BCUT2D eigenvalue weighted by Gasteiger charge is 2.48. The molecule has 0 bridgehead atoms. The Bertz CT molecular complexity index is 251. The van der Waals surface area contributed by atoms with Crippen LogP contribution in [0.3, 0.4) is 0 Å². The number of rotatable bonds is 2. The van der Waals surface area contributed by atoms with Crippen LogP contribution >= 0.6 is 0 Å². The van der Waals surface area contributed by atoms with Gasteiger partial charge in [0, 0.05) is 6.54 Å². The molecule has 0 aromatic heterocycles. The molecule has 17 heavy (non-hydrogen) atoms. The first-order valence-corrected chi connectivity index (χ1v) is 7.32. The van der Waals surface area contributed by atoms with Gasteiger partial charge in [0.15, 0.2) is 0 Å². The van der Waals surface area contributed by atoms with Crippen molar-refractivity contribution >= 4 is 0 Å². The van der Waals surface area contributed by atoms with Crippen molar-refractivity contribution in [1.82, 2.24) is 5.32 Å². The molecular weight excluding hydrogens is 212 g/mol. The Morgan fingerprint density at radius 1 is 1.24 bits per heavy atom. The van der Waals surface area contributed by atoms with Gasteiger partial charge < -0.3 is 16.2 Å². The molecule has 1 saturated heterocycles. The lowest BCUT2D eigenvalue weighted by atomic mass is 9.71. The van der Waals surface area contributed by atoms with E-state index in [4.69, 9.17) is 5.73 Å². The summed E-state index contributed by atoms with van der Waals surface area (Å²) in [5, 5.41) is 14.3. The first-order valence-electron chi connectivity index (χ1n) is 7.32. The van der Waals surface area contributed by atoms with Gasteiger partial charge in [-0.25, -0.2) is 0 Å². The van der Waals surface area contributed by atoms with Gasteiger partial charge in [0.1, 0.15) is 0 Å². The summed E-state index contributed by atoms with van der Waals surface area (Å²) in [5.41, 5.74) is 5.48. The Labute approximate surface area is 105 Å². The molecule has 0 spiro atoms. The van der Waals surface area contributed by atoms with Crippen LogP contribution in [0.5, 0.6) is 0 Å². The van der Waals surface area contributed by atoms with Crippen molar-refractivity contribution in [2.24, 2.45) is 11.7 Å². The Kier molecular flexibility index (Phi) is 4.11. The topological polar surface area (TPSA) is 58.3 Å². The number of piperidine rings is 1. The maximum absolute atomic E-state index is 11.0. The van der Waals surface area contributed by atoms with Gasteiger partial charge >= 0.3 is 0 Å². The highest BCUT2D eigenvalue weighted by Crippen LogP contribution is 2.39. The fourth-order valence-electron chi connectivity index (χ4n) is 3.63. The average molecular weight is 240 g/mol. The quantitative estimate of drug-likeness (QED) is 0.645. The summed E-state index contributed by atoms with van der Waals surface area (Å²) < 4.78 is 0. The van der Waals surface area contributed by atoms with E-state index >= 15 is 0 Å². The maximum Gasteiger partial charge on any atom is 0.0838 e. The van der Waals surface area contributed by atoms with E-state index in [-0.39, 0.29) is 0 Å². The smallest absolute Gasteiger partial charge is 0.0838 e. The molecule has 100 valence electrons. The van der Waals surface area contributed by atoms with Crippen molar-refractivity contribution in [3.05, 3.63) is 0 Å². The second-order valence-electron chi connectivity index (χ2n) is 6.17. The van der Waals surface area contributed by atoms with Gasteiger partial charge in [0.25, 0.3) is 0 Å². The minimum absolute atomic E-state index is 0.395. The molecule has 0 aromatic carbocycles. The number of nitrogens with one attached hydrogen (secondary N) is 1. The number of hydrogen-bond donors (Lipinski definition) is 3. The second-order valence-corrected chi connectivity index (χ2v) is 6.17. The van der Waals surface area contributed by atoms with Gasteiger partial charge in [-0.05, 0) is 44.6 Å². The highest BCUT2D eigenvalue weighted by molar-refractivity contribution is 5.07. The molecular formula is C14H28N2O. The number of hydrogen-bond acceptors (Lipinski definition) is 3. The normalized spacial score (nSPS) is 44.3. The van der Waals surface area contributed by atoms with Crippen LogP contribution < -0.4 is 11.1 Å². The maximum atomic E-state index is 11.0. The zero-order chi connectivity index (χ0) is 12.4. The SMILES string of the molecule is CCC1CCCC(O)(C2(N)CCCNC2)CC1. The van der Waals surface area contributed by atoms with E-state index in [1.165, 1.54) is 12.8 Å². The third kappa shape index (κ3) is 2.67. The molecule has 2 aliphatic rings. The molecule has 0 amide bonds. The van der Waals surface area contributed by atoms with Crippen molar-refractivity contribution in [2.75, 3.05) is 13.1 Å². The van der Waals surface area contributed by atoms with E-state index in [0.29, 0.717) is 0 Å². The van der Waals surface area contributed by atoms with Crippen LogP contribution in [0.1, 0.15) is 58.3 Å². The largest absolute Gasteiger partial charge is 0.388 e. The van der Waals surface area contributed by atoms with Gasteiger partial charge in [-0.1, -0.05) is 26.2 Å². The molecule has 1 heterocycles. The summed E-state index contributed by atoms with van der Waals surface area (Å²) in [6.07, 6.45) is 8.63. The van der Waals surface area contributed by atoms with Crippen LogP contribution in [0.4, 0.5) is 0 Å². The highest BCUT2D eigenvalue weighted by atomic mass is 16.3. The second kappa shape index (κ2) is 5.25. The number of nitrogens with two attached hydrogens (primary N) is 1. The molecule has 1 aliphatic heterocycles. The third-order valence-electron chi connectivity index (χ3n) is 5.09. The lowest BCUT2D eigenvalue weighted by molar-refractivity contribution is -0.0581. The summed E-state index contributed by atoms with van der Waals surface area (Å²) in [6, 6.07) is 0. The Hall–Kier alpha value is -0.120. The standard InChI is InChI=1S/C14H28N2O/c1-2-12-5-3-8-14(17,9-6-12)13(15)7-4-10-16-11-13/h12,16-17H,2-11,15H2,1H3. The monoisotopic (exact) mass is 240 g/mol. The van der Waals surface area contributed by atoms with Gasteiger partial charge in [-0.2, -0.15) is 0 Å². The van der Waals surface area contributed by atoms with Gasteiger partial charge in [0.2, 0.25) is 0 Å². The third-order valence-corrected chi connectivity index (χ3v) is 5.09. The minimum Gasteiger partial charge on any atom is -0.388 e. The van der Waals surface area contributed by atoms with E-state index in [1.54, 1.807) is 0 Å². The molecule has 3 nitrogen and oxygen atoms in total. The van der Waals surface area contributed by atoms with Crippen molar-refractivity contribution in [3.63, 3.8) is 0 Å². The first kappa shape index (κ1) is 13.3. The van der Waals surface area contributed by atoms with E-state index in [1.807, 2.05) is 0 Å². The van der Waals surface area contributed by atoms with Crippen LogP contribution in [0.2, 0.25) is 0 Å². The lowest BCUT2D eigenvalue weighted by Gasteiger charge is -2.47. The zero-order valence-electron chi connectivity index (χ0n) is 11.2. The zero-order valence-corrected chi connectivity index (χ0v) is 11.2. The molecule has 1 aliphatic carbocycles. The molecule has 4 N–H and O–H groups in total. The predicted molar refractivity (Wildman–Crippen MR) is 70.8 cm³/mol. The Morgan fingerprint density at radius 3 is 2.71 bits per heavy atom. The molecule has 0 radical (unpaired) electrons. The minimum atomic E-state index is -0.635. The Balaban J connectivity index is 2.06. The number of aliphatic hydroxyl groups is 1.